The molecule has 0 bridgehead atoms. The molecule has 3 heteroatoms. The summed E-state index contributed by atoms with van der Waals surface area (Å²) in [6.45, 7) is 7.08. The number of benzene rings is 1. The first kappa shape index (κ1) is 12.7. The second kappa shape index (κ2) is 6.28. The maximum atomic E-state index is 11.5. The van der Waals surface area contributed by atoms with Crippen molar-refractivity contribution in [1.29, 1.82) is 0 Å². The number of carbonyl (C=O) groups excluding carboxylic acids is 1. The molecule has 0 saturated heterocycles. The first-order valence-electron chi connectivity index (χ1n) is 5.64. The number of carbonyl (C=O) groups is 1. The van der Waals surface area contributed by atoms with Crippen LogP contribution in [0.1, 0.15) is 25.0 Å². The first-order valence-corrected chi connectivity index (χ1v) is 5.64. The van der Waals surface area contributed by atoms with Gasteiger partial charge >= 0.3 is 0 Å². The third-order valence-corrected chi connectivity index (χ3v) is 2.41. The van der Waals surface area contributed by atoms with Crippen LogP contribution in [0.4, 0.5) is 0 Å². The predicted octanol–water partition coefficient (Wildman–Crippen LogP) is 1.61. The van der Waals surface area contributed by atoms with Gasteiger partial charge in [-0.2, -0.15) is 0 Å². The van der Waals surface area contributed by atoms with E-state index in [0.717, 1.165) is 0 Å². The van der Waals surface area contributed by atoms with Crippen LogP contribution < -0.4 is 10.6 Å². The van der Waals surface area contributed by atoms with Gasteiger partial charge in [0.2, 0.25) is 5.91 Å². The molecule has 2 N–H and O–H groups in total. The molecule has 88 valence electrons. The number of hydrogen-bond donors (Lipinski definition) is 2. The van der Waals surface area contributed by atoms with E-state index >= 15 is 0 Å². The highest BCUT2D eigenvalue weighted by molar-refractivity contribution is 5.78. The van der Waals surface area contributed by atoms with Gasteiger partial charge in [-0.15, -0.1) is 0 Å². The predicted molar refractivity (Wildman–Crippen MR) is 66.2 cm³/mol. The molecule has 1 amide bonds. The van der Waals surface area contributed by atoms with Crippen LogP contribution in [0.2, 0.25) is 0 Å². The largest absolute Gasteiger partial charge is 0.351 e. The van der Waals surface area contributed by atoms with Crippen LogP contribution in [-0.2, 0) is 11.3 Å². The van der Waals surface area contributed by atoms with E-state index in [1.54, 1.807) is 0 Å². The van der Waals surface area contributed by atoms with E-state index < -0.39 is 0 Å². The van der Waals surface area contributed by atoms with Crippen molar-refractivity contribution >= 4 is 5.91 Å². The molecular weight excluding hydrogens is 200 g/mol. The monoisotopic (exact) mass is 220 g/mol. The highest BCUT2D eigenvalue weighted by Gasteiger charge is 2.02. The van der Waals surface area contributed by atoms with Crippen molar-refractivity contribution in [2.75, 3.05) is 6.54 Å². The maximum Gasteiger partial charge on any atom is 0.234 e. The fourth-order valence-electron chi connectivity index (χ4n) is 1.36. The molecule has 1 rings (SSSR count). The van der Waals surface area contributed by atoms with Crippen molar-refractivity contribution in [1.82, 2.24) is 10.6 Å². The molecule has 0 heterocycles. The van der Waals surface area contributed by atoms with Gasteiger partial charge in [0.1, 0.15) is 0 Å². The molecule has 1 aromatic carbocycles. The standard InChI is InChI=1S/C13H20N2O/c1-10(2)14-9-13(16)15-8-12-7-5-4-6-11(12)3/h4-7,10,14H,8-9H2,1-3H3,(H,15,16). The summed E-state index contributed by atoms with van der Waals surface area (Å²) in [5, 5.41) is 5.98. The van der Waals surface area contributed by atoms with Crippen LogP contribution in [0.3, 0.4) is 0 Å². The molecule has 0 aliphatic heterocycles. The maximum absolute atomic E-state index is 11.5. The zero-order valence-corrected chi connectivity index (χ0v) is 10.2. The Balaban J connectivity index is 2.35. The zero-order valence-electron chi connectivity index (χ0n) is 10.2. The molecule has 1 aromatic rings. The molecule has 0 saturated carbocycles. The fourth-order valence-corrected chi connectivity index (χ4v) is 1.36. The van der Waals surface area contributed by atoms with Gasteiger partial charge in [0.15, 0.2) is 0 Å². The minimum absolute atomic E-state index is 0.0388. The van der Waals surface area contributed by atoms with Crippen LogP contribution in [0.15, 0.2) is 24.3 Å². The van der Waals surface area contributed by atoms with Gasteiger partial charge in [-0.25, -0.2) is 0 Å². The van der Waals surface area contributed by atoms with E-state index in [2.05, 4.69) is 10.6 Å². The highest BCUT2D eigenvalue weighted by atomic mass is 16.1. The van der Waals surface area contributed by atoms with Crippen LogP contribution in [0, 0.1) is 6.92 Å². The van der Waals surface area contributed by atoms with E-state index in [4.69, 9.17) is 0 Å². The molecule has 0 aliphatic rings. The minimum Gasteiger partial charge on any atom is -0.351 e. The third-order valence-electron chi connectivity index (χ3n) is 2.41. The van der Waals surface area contributed by atoms with Crippen LogP contribution in [0.5, 0.6) is 0 Å². The second-order valence-corrected chi connectivity index (χ2v) is 4.24. The Kier molecular flexibility index (Phi) is 4.99. The Morgan fingerprint density at radius 1 is 1.31 bits per heavy atom. The summed E-state index contributed by atoms with van der Waals surface area (Å²) in [5.41, 5.74) is 2.38. The van der Waals surface area contributed by atoms with Gasteiger partial charge in [-0.05, 0) is 18.1 Å². The van der Waals surface area contributed by atoms with E-state index in [1.165, 1.54) is 11.1 Å². The van der Waals surface area contributed by atoms with E-state index in [9.17, 15) is 4.79 Å². The number of aryl methyl sites for hydroxylation is 1. The number of nitrogens with one attached hydrogen (secondary N) is 2. The van der Waals surface area contributed by atoms with E-state index in [0.29, 0.717) is 19.1 Å². The average molecular weight is 220 g/mol. The zero-order chi connectivity index (χ0) is 12.0. The summed E-state index contributed by atoms with van der Waals surface area (Å²) in [4.78, 5) is 11.5. The van der Waals surface area contributed by atoms with Crippen LogP contribution in [0.25, 0.3) is 0 Å². The van der Waals surface area contributed by atoms with Crippen molar-refractivity contribution in [2.24, 2.45) is 0 Å². The quantitative estimate of drug-likeness (QED) is 0.791. The first-order chi connectivity index (χ1) is 7.59. The Hall–Kier alpha value is -1.35. The lowest BCUT2D eigenvalue weighted by Crippen LogP contribution is -2.36. The van der Waals surface area contributed by atoms with E-state index in [1.807, 2.05) is 45.0 Å². The smallest absolute Gasteiger partial charge is 0.234 e. The van der Waals surface area contributed by atoms with Crippen molar-refractivity contribution in [2.45, 2.75) is 33.4 Å². The summed E-state index contributed by atoms with van der Waals surface area (Å²) in [7, 11) is 0. The molecule has 0 atom stereocenters. The SMILES string of the molecule is Cc1ccccc1CNC(=O)CNC(C)C. The summed E-state index contributed by atoms with van der Waals surface area (Å²) in [5.74, 6) is 0.0388. The molecular formula is C13H20N2O. The Morgan fingerprint density at radius 3 is 2.62 bits per heavy atom. The van der Waals surface area contributed by atoms with Crippen molar-refractivity contribution < 1.29 is 4.79 Å². The lowest BCUT2D eigenvalue weighted by Gasteiger charge is -2.10. The number of hydrogen-bond acceptors (Lipinski definition) is 2. The van der Waals surface area contributed by atoms with Gasteiger partial charge in [-0.3, -0.25) is 4.79 Å². The molecule has 16 heavy (non-hydrogen) atoms. The summed E-state index contributed by atoms with van der Waals surface area (Å²) in [6.07, 6.45) is 0. The van der Waals surface area contributed by atoms with Crippen molar-refractivity contribution in [3.05, 3.63) is 35.4 Å². The number of rotatable bonds is 5. The molecule has 0 spiro atoms. The van der Waals surface area contributed by atoms with E-state index in [-0.39, 0.29) is 5.91 Å². The second-order valence-electron chi connectivity index (χ2n) is 4.24. The van der Waals surface area contributed by atoms with Crippen molar-refractivity contribution in [3.63, 3.8) is 0 Å². The van der Waals surface area contributed by atoms with Gasteiger partial charge in [0.25, 0.3) is 0 Å². The average Bonchev–Trinajstić information content (AvgIpc) is 2.25. The van der Waals surface area contributed by atoms with Gasteiger partial charge < -0.3 is 10.6 Å². The topological polar surface area (TPSA) is 41.1 Å². The van der Waals surface area contributed by atoms with Gasteiger partial charge in [0.05, 0.1) is 6.54 Å². The normalized spacial score (nSPS) is 10.5. The molecule has 0 aromatic heterocycles. The fraction of sp³-hybridized carbons (Fsp3) is 0.462. The number of amides is 1. The van der Waals surface area contributed by atoms with Gasteiger partial charge in [-0.1, -0.05) is 38.1 Å². The Labute approximate surface area is 97.2 Å². The lowest BCUT2D eigenvalue weighted by atomic mass is 10.1. The molecule has 0 fully saturated rings. The molecule has 0 unspecified atom stereocenters. The minimum atomic E-state index is 0.0388. The van der Waals surface area contributed by atoms with Crippen LogP contribution >= 0.6 is 0 Å². The summed E-state index contributed by atoms with van der Waals surface area (Å²) >= 11 is 0. The van der Waals surface area contributed by atoms with Gasteiger partial charge in [0, 0.05) is 12.6 Å². The Bertz CT molecular complexity index is 348. The third kappa shape index (κ3) is 4.45. The van der Waals surface area contributed by atoms with Crippen LogP contribution in [-0.4, -0.2) is 18.5 Å². The Morgan fingerprint density at radius 2 is 2.00 bits per heavy atom. The lowest BCUT2D eigenvalue weighted by molar-refractivity contribution is -0.120. The summed E-state index contributed by atoms with van der Waals surface area (Å²) in [6, 6.07) is 8.41. The molecule has 0 radical (unpaired) electrons. The summed E-state index contributed by atoms with van der Waals surface area (Å²) < 4.78 is 0. The van der Waals surface area contributed by atoms with Crippen molar-refractivity contribution in [3.8, 4) is 0 Å². The highest BCUT2D eigenvalue weighted by Crippen LogP contribution is 2.05. The molecule has 3 nitrogen and oxygen atoms in total. The molecule has 0 aliphatic carbocycles.